The molecule has 1 aliphatic carbocycles. The van der Waals surface area contributed by atoms with Gasteiger partial charge in [0.1, 0.15) is 12.3 Å². The van der Waals surface area contributed by atoms with Crippen LogP contribution in [0.1, 0.15) is 61.8 Å². The van der Waals surface area contributed by atoms with Crippen LogP contribution in [0, 0.1) is 13.8 Å². The quantitative estimate of drug-likeness (QED) is 0.412. The van der Waals surface area contributed by atoms with E-state index in [-0.39, 0.29) is 31.6 Å². The van der Waals surface area contributed by atoms with Crippen molar-refractivity contribution >= 4 is 23.6 Å². The summed E-state index contributed by atoms with van der Waals surface area (Å²) in [6.07, 6.45) is 2.44. The molecule has 0 unspecified atom stereocenters. The van der Waals surface area contributed by atoms with Crippen molar-refractivity contribution < 1.29 is 23.9 Å². The lowest BCUT2D eigenvalue weighted by Gasteiger charge is -2.26. The van der Waals surface area contributed by atoms with Gasteiger partial charge in [-0.1, -0.05) is 24.3 Å². The molecule has 0 N–H and O–H groups in total. The standard InChI is InChI=1S/C27H32N2O5/c1-6-33-25(31)27(4,5)34-24-17(2)13-19(14-18(24)3)15-29-23(30)16-28(26(29)32)22-11-9-21(10-12-22)20-7-8-20/h9-14,20H,6-8,15-16H2,1-5H3. The molecule has 2 aromatic rings. The van der Waals surface area contributed by atoms with Crippen molar-refractivity contribution in [2.75, 3.05) is 18.1 Å². The van der Waals surface area contributed by atoms with Crippen molar-refractivity contribution in [1.29, 1.82) is 0 Å². The number of carbonyl (C=O) groups excluding carboxylic acids is 3. The smallest absolute Gasteiger partial charge is 0.349 e. The van der Waals surface area contributed by atoms with Gasteiger partial charge in [-0.2, -0.15) is 0 Å². The predicted octanol–water partition coefficient (Wildman–Crippen LogP) is 4.87. The molecule has 1 heterocycles. The zero-order valence-electron chi connectivity index (χ0n) is 20.5. The van der Waals surface area contributed by atoms with Crippen molar-refractivity contribution in [3.05, 3.63) is 58.7 Å². The minimum absolute atomic E-state index is 0.0362. The van der Waals surface area contributed by atoms with Gasteiger partial charge >= 0.3 is 12.0 Å². The van der Waals surface area contributed by atoms with E-state index in [9.17, 15) is 14.4 Å². The maximum Gasteiger partial charge on any atom is 0.349 e. The van der Waals surface area contributed by atoms with Crippen molar-refractivity contribution in [2.45, 2.75) is 65.5 Å². The zero-order chi connectivity index (χ0) is 24.6. The maximum absolute atomic E-state index is 13.1. The number of hydrogen-bond donors (Lipinski definition) is 0. The van der Waals surface area contributed by atoms with Gasteiger partial charge in [-0.05, 0) is 87.8 Å². The van der Waals surface area contributed by atoms with Crippen LogP contribution >= 0.6 is 0 Å². The molecule has 4 rings (SSSR count). The average Bonchev–Trinajstić information content (AvgIpc) is 3.59. The van der Waals surface area contributed by atoms with E-state index in [0.29, 0.717) is 11.7 Å². The van der Waals surface area contributed by atoms with Crippen molar-refractivity contribution in [1.82, 2.24) is 4.90 Å². The third-order valence-corrected chi connectivity index (χ3v) is 6.29. The molecular formula is C27H32N2O5. The van der Waals surface area contributed by atoms with Crippen LogP contribution in [0.5, 0.6) is 5.75 Å². The second-order valence-electron chi connectivity index (χ2n) is 9.61. The summed E-state index contributed by atoms with van der Waals surface area (Å²) in [7, 11) is 0. The molecule has 1 saturated heterocycles. The van der Waals surface area contributed by atoms with Gasteiger partial charge in [0.05, 0.1) is 13.2 Å². The number of aryl methyl sites for hydroxylation is 2. The average molecular weight is 465 g/mol. The fourth-order valence-corrected chi connectivity index (χ4v) is 4.32. The van der Waals surface area contributed by atoms with Crippen molar-refractivity contribution in [2.24, 2.45) is 0 Å². The number of anilines is 1. The van der Waals surface area contributed by atoms with Crippen molar-refractivity contribution in [3.8, 4) is 5.75 Å². The third kappa shape index (κ3) is 4.79. The lowest BCUT2D eigenvalue weighted by atomic mass is 10.0. The second kappa shape index (κ2) is 9.12. The highest BCUT2D eigenvalue weighted by molar-refractivity contribution is 6.12. The summed E-state index contributed by atoms with van der Waals surface area (Å²) >= 11 is 0. The monoisotopic (exact) mass is 464 g/mol. The molecule has 0 radical (unpaired) electrons. The highest BCUT2D eigenvalue weighted by atomic mass is 16.6. The number of benzene rings is 2. The molecule has 1 aliphatic heterocycles. The molecular weight excluding hydrogens is 432 g/mol. The van der Waals surface area contributed by atoms with E-state index < -0.39 is 11.6 Å². The van der Waals surface area contributed by atoms with E-state index in [1.165, 1.54) is 28.2 Å². The molecule has 0 aromatic heterocycles. The Labute approximate surface area is 200 Å². The molecule has 3 amide bonds. The molecule has 7 heteroatoms. The molecule has 1 saturated carbocycles. The minimum atomic E-state index is -1.14. The first-order valence-corrected chi connectivity index (χ1v) is 11.8. The van der Waals surface area contributed by atoms with Crippen LogP contribution in [0.4, 0.5) is 10.5 Å². The SMILES string of the molecule is CCOC(=O)C(C)(C)Oc1c(C)cc(CN2C(=O)CN(c3ccc(C4CC4)cc3)C2=O)cc1C. The van der Waals surface area contributed by atoms with Crippen LogP contribution in [0.15, 0.2) is 36.4 Å². The fourth-order valence-electron chi connectivity index (χ4n) is 4.32. The van der Waals surface area contributed by atoms with Gasteiger partial charge in [0.25, 0.3) is 5.91 Å². The number of nitrogens with zero attached hydrogens (tertiary/aromatic N) is 2. The Kier molecular flexibility index (Phi) is 6.39. The molecule has 0 bridgehead atoms. The summed E-state index contributed by atoms with van der Waals surface area (Å²) in [5.41, 5.74) is 3.35. The minimum Gasteiger partial charge on any atom is -0.476 e. The lowest BCUT2D eigenvalue weighted by molar-refractivity contribution is -0.158. The molecule has 2 aromatic carbocycles. The summed E-state index contributed by atoms with van der Waals surface area (Å²) in [4.78, 5) is 40.8. The number of imide groups is 1. The van der Waals surface area contributed by atoms with Crippen molar-refractivity contribution in [3.63, 3.8) is 0 Å². The predicted molar refractivity (Wildman–Crippen MR) is 129 cm³/mol. The summed E-state index contributed by atoms with van der Waals surface area (Å²) in [6.45, 7) is 9.36. The Morgan fingerprint density at radius 3 is 2.24 bits per heavy atom. The first kappa shape index (κ1) is 23.8. The Morgan fingerprint density at radius 1 is 1.06 bits per heavy atom. The Balaban J connectivity index is 1.48. The molecule has 34 heavy (non-hydrogen) atoms. The van der Waals surface area contributed by atoms with Gasteiger partial charge in [-0.25, -0.2) is 9.59 Å². The van der Waals surface area contributed by atoms with Gasteiger partial charge in [-0.15, -0.1) is 0 Å². The Bertz CT molecular complexity index is 1100. The van der Waals surface area contributed by atoms with E-state index in [0.717, 1.165) is 22.4 Å². The summed E-state index contributed by atoms with van der Waals surface area (Å²) < 4.78 is 11.1. The molecule has 2 fully saturated rings. The zero-order valence-corrected chi connectivity index (χ0v) is 20.5. The third-order valence-electron chi connectivity index (χ3n) is 6.29. The number of hydrogen-bond acceptors (Lipinski definition) is 5. The molecule has 0 spiro atoms. The number of urea groups is 1. The van der Waals surface area contributed by atoms with E-state index in [2.05, 4.69) is 12.1 Å². The fraction of sp³-hybridized carbons (Fsp3) is 0.444. The number of rotatable bonds is 8. The Morgan fingerprint density at radius 2 is 1.68 bits per heavy atom. The highest BCUT2D eigenvalue weighted by Crippen LogP contribution is 2.40. The normalized spacial score (nSPS) is 16.3. The Hall–Kier alpha value is -3.35. The first-order valence-electron chi connectivity index (χ1n) is 11.8. The second-order valence-corrected chi connectivity index (χ2v) is 9.61. The number of esters is 1. The number of amides is 3. The number of ether oxygens (including phenoxy) is 2. The lowest BCUT2D eigenvalue weighted by Crippen LogP contribution is -2.40. The van der Waals surface area contributed by atoms with Crippen LogP contribution in [0.2, 0.25) is 0 Å². The largest absolute Gasteiger partial charge is 0.476 e. The van der Waals surface area contributed by atoms with Gasteiger partial charge < -0.3 is 9.47 Å². The molecule has 2 aliphatic rings. The van der Waals surface area contributed by atoms with Crippen LogP contribution < -0.4 is 9.64 Å². The van der Waals surface area contributed by atoms with Gasteiger partial charge in [0, 0.05) is 5.69 Å². The molecule has 7 nitrogen and oxygen atoms in total. The molecule has 180 valence electrons. The topological polar surface area (TPSA) is 76.2 Å². The van der Waals surface area contributed by atoms with E-state index in [1.54, 1.807) is 20.8 Å². The summed E-state index contributed by atoms with van der Waals surface area (Å²) in [5.74, 6) is 0.577. The molecule has 0 atom stereocenters. The highest BCUT2D eigenvalue weighted by Gasteiger charge is 2.37. The van der Waals surface area contributed by atoms with Gasteiger partial charge in [0.15, 0.2) is 5.60 Å². The van der Waals surface area contributed by atoms with E-state index >= 15 is 0 Å². The van der Waals surface area contributed by atoms with Crippen LogP contribution in [0.3, 0.4) is 0 Å². The van der Waals surface area contributed by atoms with E-state index in [1.807, 2.05) is 38.1 Å². The van der Waals surface area contributed by atoms with Gasteiger partial charge in [0.2, 0.25) is 0 Å². The summed E-state index contributed by atoms with van der Waals surface area (Å²) in [5, 5.41) is 0. The van der Waals surface area contributed by atoms with Crippen LogP contribution in [0.25, 0.3) is 0 Å². The number of carbonyl (C=O) groups is 3. The first-order chi connectivity index (χ1) is 16.1. The van der Waals surface area contributed by atoms with Crippen LogP contribution in [-0.2, 0) is 20.9 Å². The van der Waals surface area contributed by atoms with Crippen LogP contribution in [-0.4, -0.2) is 41.6 Å². The van der Waals surface area contributed by atoms with E-state index in [4.69, 9.17) is 9.47 Å². The summed E-state index contributed by atoms with van der Waals surface area (Å²) in [6, 6.07) is 11.4. The maximum atomic E-state index is 13.1. The van der Waals surface area contributed by atoms with Gasteiger partial charge in [-0.3, -0.25) is 14.6 Å².